The summed E-state index contributed by atoms with van der Waals surface area (Å²) in [5.41, 5.74) is 10.4. The summed E-state index contributed by atoms with van der Waals surface area (Å²) in [4.78, 5) is 56.3. The van der Waals surface area contributed by atoms with Crippen molar-refractivity contribution in [1.82, 2.24) is 15.1 Å². The van der Waals surface area contributed by atoms with Gasteiger partial charge in [-0.05, 0) is 57.2 Å². The van der Waals surface area contributed by atoms with Gasteiger partial charge in [0.15, 0.2) is 11.5 Å². The van der Waals surface area contributed by atoms with Gasteiger partial charge in [0.2, 0.25) is 29.4 Å². The van der Waals surface area contributed by atoms with Gasteiger partial charge in [-0.3, -0.25) is 19.2 Å². The molecule has 2 saturated heterocycles. The normalized spacial score (nSPS) is 23.1. The number of hydrogen-bond donors (Lipinski definition) is 5. The highest BCUT2D eigenvalue weighted by molar-refractivity contribution is 5.98. The summed E-state index contributed by atoms with van der Waals surface area (Å²) < 4.78 is 16.4. The number of carbonyl (C=O) groups excluding carboxylic acids is 4. The molecule has 0 radical (unpaired) electrons. The highest BCUT2D eigenvalue weighted by Gasteiger charge is 2.53. The van der Waals surface area contributed by atoms with Crippen molar-refractivity contribution in [3.05, 3.63) is 17.7 Å². The fraction of sp³-hybridized carbons (Fsp3) is 0.643. The third-order valence-electron chi connectivity index (χ3n) is 8.10. The largest absolute Gasteiger partial charge is 0.493 e. The summed E-state index contributed by atoms with van der Waals surface area (Å²) in [6, 6.07) is -0.154. The molecule has 42 heavy (non-hydrogen) atoms. The fourth-order valence-electron chi connectivity index (χ4n) is 5.85. The number of nitrogens with zero attached hydrogens (tertiary/aromatic N) is 2. The molecule has 3 rings (SSSR count). The Bertz CT molecular complexity index is 1150. The standard InChI is InChI=1S/C28H43N5O9/c1-15(34)21(29)26(38)32-10-6-8-18(32)25(37)33-11-7-9-28(33,27(39)31-22(16(2)35)24(30)36)14-17-12-19(40-3)23(42-5)20(13-17)41-4/h12-13,15-16,18,21-22,34-35H,6-11,14,29H2,1-5H3,(H2,30,36)(H,31,39)/t15-,16-,18?,21+,22+,28?/m1/s1. The van der Waals surface area contributed by atoms with Crippen LogP contribution in [0.1, 0.15) is 45.1 Å². The lowest BCUT2D eigenvalue weighted by atomic mass is 9.85. The van der Waals surface area contributed by atoms with Crippen molar-refractivity contribution in [3.63, 3.8) is 0 Å². The van der Waals surface area contributed by atoms with Crippen molar-refractivity contribution in [1.29, 1.82) is 0 Å². The molecular formula is C28H43N5O9. The molecule has 0 spiro atoms. The first-order valence-electron chi connectivity index (χ1n) is 14.0. The topological polar surface area (TPSA) is 207 Å². The van der Waals surface area contributed by atoms with Crippen LogP contribution in [0.3, 0.4) is 0 Å². The number of likely N-dealkylation sites (tertiary alicyclic amines) is 2. The number of aliphatic hydroxyl groups is 2. The molecule has 0 aromatic heterocycles. The number of hydrogen-bond acceptors (Lipinski definition) is 10. The molecule has 2 heterocycles. The first-order valence-corrected chi connectivity index (χ1v) is 14.0. The Balaban J connectivity index is 2.08. The molecule has 2 unspecified atom stereocenters. The Hall–Kier alpha value is -3.62. The molecule has 234 valence electrons. The SMILES string of the molecule is COc1cc(CC2(C(=O)N[C@H](C(N)=O)[C@@H](C)O)CCCN2C(=O)C2CCCN2C(=O)[C@@H](N)[C@@H](C)O)cc(OC)c1OC. The third-order valence-corrected chi connectivity index (χ3v) is 8.10. The summed E-state index contributed by atoms with van der Waals surface area (Å²) in [6.07, 6.45) is -0.849. The van der Waals surface area contributed by atoms with Crippen molar-refractivity contribution in [2.75, 3.05) is 34.4 Å². The number of methoxy groups -OCH3 is 3. The summed E-state index contributed by atoms with van der Waals surface area (Å²) >= 11 is 0. The van der Waals surface area contributed by atoms with E-state index in [0.717, 1.165) is 0 Å². The third kappa shape index (κ3) is 6.40. The maximum Gasteiger partial charge on any atom is 0.247 e. The van der Waals surface area contributed by atoms with Crippen LogP contribution in [0.25, 0.3) is 0 Å². The summed E-state index contributed by atoms with van der Waals surface area (Å²) in [5.74, 6) is -1.58. The number of carbonyl (C=O) groups is 4. The Morgan fingerprint density at radius 2 is 1.64 bits per heavy atom. The highest BCUT2D eigenvalue weighted by atomic mass is 16.5. The lowest BCUT2D eigenvalue weighted by Gasteiger charge is -2.41. The molecule has 0 bridgehead atoms. The number of nitrogens with one attached hydrogen (secondary N) is 1. The Morgan fingerprint density at radius 1 is 1.02 bits per heavy atom. The van der Waals surface area contributed by atoms with Crippen LogP contribution in [0.2, 0.25) is 0 Å². The molecule has 2 fully saturated rings. The Kier molecular flexibility index (Phi) is 10.6. The molecule has 1 aromatic rings. The van der Waals surface area contributed by atoms with Gasteiger partial charge in [-0.15, -0.1) is 0 Å². The number of amides is 4. The van der Waals surface area contributed by atoms with E-state index in [1.807, 2.05) is 0 Å². The predicted octanol–water partition coefficient (Wildman–Crippen LogP) is -1.33. The smallest absolute Gasteiger partial charge is 0.247 e. The van der Waals surface area contributed by atoms with Gasteiger partial charge in [-0.25, -0.2) is 0 Å². The van der Waals surface area contributed by atoms with Crippen molar-refractivity contribution in [3.8, 4) is 17.2 Å². The van der Waals surface area contributed by atoms with Crippen molar-refractivity contribution >= 4 is 23.6 Å². The first kappa shape index (κ1) is 32.9. The zero-order chi connectivity index (χ0) is 31.4. The second kappa shape index (κ2) is 13.6. The van der Waals surface area contributed by atoms with Crippen molar-refractivity contribution in [2.24, 2.45) is 11.5 Å². The van der Waals surface area contributed by atoms with Gasteiger partial charge in [0, 0.05) is 19.5 Å². The van der Waals surface area contributed by atoms with Crippen LogP contribution in [0.15, 0.2) is 12.1 Å². The van der Waals surface area contributed by atoms with Crippen LogP contribution in [0.4, 0.5) is 0 Å². The molecule has 0 saturated carbocycles. The van der Waals surface area contributed by atoms with E-state index in [4.69, 9.17) is 25.7 Å². The second-order valence-electron chi connectivity index (χ2n) is 10.9. The number of ether oxygens (including phenoxy) is 3. The van der Waals surface area contributed by atoms with E-state index in [9.17, 15) is 29.4 Å². The number of aliphatic hydroxyl groups excluding tert-OH is 2. The maximum atomic E-state index is 14.2. The minimum absolute atomic E-state index is 0.0135. The van der Waals surface area contributed by atoms with Crippen LogP contribution in [-0.4, -0.2) is 114 Å². The molecule has 2 aliphatic heterocycles. The number of rotatable bonds is 12. The molecule has 6 atom stereocenters. The van der Waals surface area contributed by atoms with Crippen molar-refractivity contribution in [2.45, 2.75) is 81.8 Å². The monoisotopic (exact) mass is 593 g/mol. The van der Waals surface area contributed by atoms with Gasteiger partial charge in [-0.2, -0.15) is 0 Å². The second-order valence-corrected chi connectivity index (χ2v) is 10.9. The number of primary amides is 1. The van der Waals surface area contributed by atoms with Gasteiger partial charge < -0.3 is 51.0 Å². The Labute approximate surface area is 245 Å². The highest BCUT2D eigenvalue weighted by Crippen LogP contribution is 2.42. The van der Waals surface area contributed by atoms with Crippen LogP contribution in [0, 0.1) is 0 Å². The zero-order valence-corrected chi connectivity index (χ0v) is 24.8. The van der Waals surface area contributed by atoms with Crippen LogP contribution >= 0.6 is 0 Å². The molecule has 7 N–H and O–H groups in total. The summed E-state index contributed by atoms with van der Waals surface area (Å²) in [6.45, 7) is 3.21. The maximum absolute atomic E-state index is 14.2. The zero-order valence-electron chi connectivity index (χ0n) is 24.8. The number of nitrogens with two attached hydrogens (primary N) is 2. The van der Waals surface area contributed by atoms with Gasteiger partial charge in [0.05, 0.1) is 33.5 Å². The molecule has 2 aliphatic rings. The van der Waals surface area contributed by atoms with E-state index in [0.29, 0.717) is 42.1 Å². The van der Waals surface area contributed by atoms with Gasteiger partial charge >= 0.3 is 0 Å². The fourth-order valence-corrected chi connectivity index (χ4v) is 5.85. The molecule has 14 nitrogen and oxygen atoms in total. The Morgan fingerprint density at radius 3 is 2.14 bits per heavy atom. The average molecular weight is 594 g/mol. The number of benzene rings is 1. The molecular weight excluding hydrogens is 550 g/mol. The van der Waals surface area contributed by atoms with E-state index in [-0.39, 0.29) is 25.9 Å². The lowest BCUT2D eigenvalue weighted by molar-refractivity contribution is -0.152. The van der Waals surface area contributed by atoms with Gasteiger partial charge in [0.1, 0.15) is 23.7 Å². The van der Waals surface area contributed by atoms with Gasteiger partial charge in [0.25, 0.3) is 0 Å². The quantitative estimate of drug-likeness (QED) is 0.193. The van der Waals surface area contributed by atoms with Crippen molar-refractivity contribution < 1.29 is 43.6 Å². The average Bonchev–Trinajstić information content (AvgIpc) is 3.62. The van der Waals surface area contributed by atoms with Crippen LogP contribution in [-0.2, 0) is 25.6 Å². The minimum atomic E-state index is -1.52. The van der Waals surface area contributed by atoms with E-state index in [1.165, 1.54) is 45.0 Å². The van der Waals surface area contributed by atoms with Gasteiger partial charge in [-0.1, -0.05) is 0 Å². The lowest BCUT2D eigenvalue weighted by Crippen LogP contribution is -2.65. The van der Waals surface area contributed by atoms with E-state index < -0.39 is 59.5 Å². The van der Waals surface area contributed by atoms with E-state index in [2.05, 4.69) is 5.32 Å². The molecule has 1 aromatic carbocycles. The minimum Gasteiger partial charge on any atom is -0.493 e. The first-order chi connectivity index (χ1) is 19.8. The van der Waals surface area contributed by atoms with Crippen LogP contribution < -0.4 is 31.0 Å². The molecule has 14 heteroatoms. The summed E-state index contributed by atoms with van der Waals surface area (Å²) in [7, 11) is 4.38. The molecule has 4 amide bonds. The summed E-state index contributed by atoms with van der Waals surface area (Å²) in [5, 5.41) is 22.6. The van der Waals surface area contributed by atoms with E-state index in [1.54, 1.807) is 12.1 Å². The van der Waals surface area contributed by atoms with E-state index >= 15 is 0 Å². The van der Waals surface area contributed by atoms with Crippen LogP contribution in [0.5, 0.6) is 17.2 Å². The molecule has 0 aliphatic carbocycles. The predicted molar refractivity (Wildman–Crippen MR) is 151 cm³/mol.